The van der Waals surface area contributed by atoms with Gasteiger partial charge in [-0.25, -0.2) is 13.0 Å². The third-order valence-electron chi connectivity index (χ3n) is 4.31. The Morgan fingerprint density at radius 3 is 2.25 bits per heavy atom. The van der Waals surface area contributed by atoms with Crippen LogP contribution >= 0.6 is 0 Å². The van der Waals surface area contributed by atoms with Gasteiger partial charge in [0.15, 0.2) is 0 Å². The van der Waals surface area contributed by atoms with E-state index in [2.05, 4.69) is 0 Å². The van der Waals surface area contributed by atoms with E-state index < -0.39 is 38.8 Å². The molecule has 1 aromatic carbocycles. The summed E-state index contributed by atoms with van der Waals surface area (Å²) in [7, 11) is 0. The molecule has 0 aliphatic carbocycles. The Bertz CT molecular complexity index is 652. The van der Waals surface area contributed by atoms with E-state index in [1.807, 2.05) is 0 Å². The average Bonchev–Trinajstić information content (AvgIpc) is 2.75. The number of nitrogens with zero attached hydrogens (tertiary/aromatic N) is 1. The Labute approximate surface area is 142 Å². The standard InChI is InChI=1S/C16H21F2NO4S/c1-15(2,3)19(14(20)21)13(10-23-24(19)22)9-11-5-7-12(8-6-11)16(4,17)18/h5-8,13H,9-10H2,1-4H3/t13-,19?,24?/m0/s1. The first-order chi connectivity index (χ1) is 10.9. The van der Waals surface area contributed by atoms with Crippen molar-refractivity contribution in [3.05, 3.63) is 35.4 Å². The van der Waals surface area contributed by atoms with Gasteiger partial charge in [-0.3, -0.25) is 0 Å². The van der Waals surface area contributed by atoms with Crippen LogP contribution in [0, 0.1) is 0 Å². The smallest absolute Gasteiger partial charge is 0.368 e. The summed E-state index contributed by atoms with van der Waals surface area (Å²) in [4.78, 5) is 11.9. The molecule has 1 fully saturated rings. The van der Waals surface area contributed by atoms with E-state index in [1.54, 1.807) is 20.8 Å². The number of alkyl halides is 2. The maximum atomic E-state index is 13.3. The van der Waals surface area contributed by atoms with Crippen LogP contribution in [0.25, 0.3) is 0 Å². The molecule has 0 bridgehead atoms. The summed E-state index contributed by atoms with van der Waals surface area (Å²) in [5.41, 5.74) is -0.362. The summed E-state index contributed by atoms with van der Waals surface area (Å²) in [5, 5.41) is 11.9. The number of amides is 1. The summed E-state index contributed by atoms with van der Waals surface area (Å²) in [6.45, 7) is 5.77. The molecule has 0 aromatic heterocycles. The molecule has 1 aromatic rings. The van der Waals surface area contributed by atoms with Gasteiger partial charge in [0, 0.05) is 18.9 Å². The molecule has 3 atom stereocenters. The minimum Gasteiger partial charge on any atom is -0.497 e. The predicted octanol–water partition coefficient (Wildman–Crippen LogP) is 2.28. The van der Waals surface area contributed by atoms with Gasteiger partial charge in [-0.2, -0.15) is 8.10 Å². The SMILES string of the molecule is CC(F)(F)c1ccc(C[C@H]2COS(=O)[N+]2(C(=O)[O-])C(C)(C)C)cc1. The van der Waals surface area contributed by atoms with Crippen LogP contribution in [0.1, 0.15) is 38.8 Å². The zero-order chi connectivity index (χ0) is 18.3. The van der Waals surface area contributed by atoms with E-state index in [-0.39, 0.29) is 18.6 Å². The molecule has 2 unspecified atom stereocenters. The zero-order valence-corrected chi connectivity index (χ0v) is 14.9. The second-order valence-corrected chi connectivity index (χ2v) is 8.29. The molecule has 0 N–H and O–H groups in total. The largest absolute Gasteiger partial charge is 0.497 e. The van der Waals surface area contributed by atoms with Crippen molar-refractivity contribution in [2.45, 2.75) is 51.6 Å². The summed E-state index contributed by atoms with van der Waals surface area (Å²) in [6, 6.07) is 5.05. The monoisotopic (exact) mass is 361 g/mol. The summed E-state index contributed by atoms with van der Waals surface area (Å²) < 4.78 is 43.2. The molecule has 5 nitrogen and oxygen atoms in total. The molecular weight excluding hydrogens is 340 g/mol. The number of quaternary nitrogens is 1. The topological polar surface area (TPSA) is 66.4 Å². The Morgan fingerprint density at radius 1 is 1.29 bits per heavy atom. The van der Waals surface area contributed by atoms with Gasteiger partial charge in [-0.1, -0.05) is 24.3 Å². The summed E-state index contributed by atoms with van der Waals surface area (Å²) >= 11 is -2.09. The Morgan fingerprint density at radius 2 is 1.83 bits per heavy atom. The molecule has 0 spiro atoms. The molecule has 0 saturated carbocycles. The van der Waals surface area contributed by atoms with Gasteiger partial charge in [0.25, 0.3) is 12.0 Å². The number of benzene rings is 1. The van der Waals surface area contributed by atoms with Crippen LogP contribution in [-0.4, -0.2) is 32.4 Å². The highest BCUT2D eigenvalue weighted by molar-refractivity contribution is 7.74. The number of carbonyl (C=O) groups is 1. The van der Waals surface area contributed by atoms with Crippen LogP contribution in [0.2, 0.25) is 0 Å². The van der Waals surface area contributed by atoms with Crippen molar-refractivity contribution in [3.63, 3.8) is 0 Å². The van der Waals surface area contributed by atoms with Crippen LogP contribution in [0.5, 0.6) is 0 Å². The van der Waals surface area contributed by atoms with Crippen LogP contribution in [-0.2, 0) is 27.8 Å². The molecule has 134 valence electrons. The number of halogens is 2. The molecule has 24 heavy (non-hydrogen) atoms. The highest BCUT2D eigenvalue weighted by atomic mass is 32.2. The van der Waals surface area contributed by atoms with E-state index in [9.17, 15) is 22.9 Å². The van der Waals surface area contributed by atoms with Crippen molar-refractivity contribution in [2.75, 3.05) is 6.61 Å². The minimum atomic E-state index is -2.94. The summed E-state index contributed by atoms with van der Waals surface area (Å²) in [5.74, 6) is -2.94. The van der Waals surface area contributed by atoms with Gasteiger partial charge >= 0.3 is 11.3 Å². The Kier molecular flexibility index (Phi) is 4.87. The summed E-state index contributed by atoms with van der Waals surface area (Å²) in [6.07, 6.45) is -1.24. The molecule has 1 aliphatic rings. The number of hydrogen-bond donors (Lipinski definition) is 0. The molecule has 1 heterocycles. The van der Waals surface area contributed by atoms with Crippen molar-refractivity contribution in [3.8, 4) is 0 Å². The highest BCUT2D eigenvalue weighted by Crippen LogP contribution is 2.38. The molecule has 2 rings (SSSR count). The third kappa shape index (κ3) is 3.10. The maximum absolute atomic E-state index is 13.3. The minimum absolute atomic E-state index is 0.0104. The molecular formula is C16H21F2NO4S. The van der Waals surface area contributed by atoms with E-state index >= 15 is 0 Å². The number of hydrogen-bond acceptors (Lipinski definition) is 4. The molecule has 1 amide bonds. The van der Waals surface area contributed by atoms with Crippen molar-refractivity contribution in [1.29, 1.82) is 0 Å². The number of rotatable bonds is 3. The predicted molar refractivity (Wildman–Crippen MR) is 83.0 cm³/mol. The normalized spacial score (nSPS) is 28.1. The van der Waals surface area contributed by atoms with Crippen molar-refractivity contribution in [2.24, 2.45) is 0 Å². The van der Waals surface area contributed by atoms with Crippen LogP contribution in [0.3, 0.4) is 0 Å². The lowest BCUT2D eigenvalue weighted by Crippen LogP contribution is -2.70. The fraction of sp³-hybridized carbons (Fsp3) is 0.562. The molecule has 1 aliphatic heterocycles. The third-order valence-corrected chi connectivity index (χ3v) is 6.11. The van der Waals surface area contributed by atoms with Gasteiger partial charge < -0.3 is 9.90 Å². The highest BCUT2D eigenvalue weighted by Gasteiger charge is 2.60. The first-order valence-electron chi connectivity index (χ1n) is 7.54. The fourth-order valence-electron chi connectivity index (χ4n) is 3.09. The lowest BCUT2D eigenvalue weighted by molar-refractivity contribution is -0.821. The Balaban J connectivity index is 2.34. The molecule has 0 radical (unpaired) electrons. The van der Waals surface area contributed by atoms with Gasteiger partial charge in [-0.15, -0.1) is 0 Å². The lowest BCUT2D eigenvalue weighted by Gasteiger charge is -2.44. The fourth-order valence-corrected chi connectivity index (χ4v) is 4.48. The van der Waals surface area contributed by atoms with Crippen molar-refractivity contribution < 1.29 is 31.0 Å². The zero-order valence-electron chi connectivity index (χ0n) is 14.0. The maximum Gasteiger partial charge on any atom is 0.368 e. The van der Waals surface area contributed by atoms with Gasteiger partial charge in [0.2, 0.25) is 0 Å². The van der Waals surface area contributed by atoms with Crippen molar-refractivity contribution in [1.82, 2.24) is 0 Å². The first kappa shape index (κ1) is 19.0. The van der Waals surface area contributed by atoms with Crippen LogP contribution in [0.15, 0.2) is 24.3 Å². The lowest BCUT2D eigenvalue weighted by atomic mass is 9.97. The van der Waals surface area contributed by atoms with Gasteiger partial charge in [-0.05, 0) is 26.3 Å². The quantitative estimate of drug-likeness (QED) is 0.775. The molecule has 1 saturated heterocycles. The van der Waals surface area contributed by atoms with Crippen molar-refractivity contribution >= 4 is 17.4 Å². The van der Waals surface area contributed by atoms with E-state index in [4.69, 9.17) is 4.18 Å². The van der Waals surface area contributed by atoms with Gasteiger partial charge in [0.05, 0.1) is 0 Å². The molecule has 8 heteroatoms. The van der Waals surface area contributed by atoms with E-state index in [1.165, 1.54) is 24.3 Å². The first-order valence-corrected chi connectivity index (χ1v) is 8.57. The number of carbonyl (C=O) groups excluding carboxylic acids is 1. The second-order valence-electron chi connectivity index (χ2n) is 7.04. The van der Waals surface area contributed by atoms with E-state index in [0.29, 0.717) is 5.56 Å². The average molecular weight is 361 g/mol. The van der Waals surface area contributed by atoms with E-state index in [0.717, 1.165) is 6.92 Å². The Hall–Kier alpha value is -1.38. The van der Waals surface area contributed by atoms with Crippen LogP contribution in [0.4, 0.5) is 13.6 Å². The number of carboxylic acid groups (broad SMARTS) is 1. The van der Waals surface area contributed by atoms with Crippen LogP contribution < -0.4 is 5.11 Å². The van der Waals surface area contributed by atoms with Gasteiger partial charge in [0.1, 0.15) is 18.2 Å². The second kappa shape index (κ2) is 6.16.